The van der Waals surface area contributed by atoms with Crippen LogP contribution in [0.25, 0.3) is 24.3 Å². The number of aromatic amines is 4. The topological polar surface area (TPSA) is 147 Å². The quantitative estimate of drug-likeness (QED) is 0.0834. The van der Waals surface area contributed by atoms with Crippen LogP contribution in [-0.4, -0.2) is 54.3 Å². The number of carbonyl (C=O) groups is 2. The van der Waals surface area contributed by atoms with Gasteiger partial charge in [0, 0.05) is 45.6 Å². The molecule has 82 heavy (non-hydrogen) atoms. The van der Waals surface area contributed by atoms with Gasteiger partial charge in [0.2, 0.25) is 11.6 Å². The van der Waals surface area contributed by atoms with Gasteiger partial charge in [0.05, 0.1) is 34.6 Å². The van der Waals surface area contributed by atoms with Gasteiger partial charge in [-0.15, -0.1) is 0 Å². The Morgan fingerprint density at radius 3 is 0.610 bits per heavy atom. The summed E-state index contributed by atoms with van der Waals surface area (Å²) in [4.78, 5) is 69.2. The van der Waals surface area contributed by atoms with Crippen molar-refractivity contribution in [1.29, 1.82) is 0 Å². The number of ketones is 2. The van der Waals surface area contributed by atoms with Crippen molar-refractivity contribution in [1.82, 2.24) is 19.9 Å². The Morgan fingerprint density at radius 2 is 0.451 bits per heavy atom. The molecule has 6 aliphatic rings. The van der Waals surface area contributed by atoms with E-state index in [0.717, 1.165) is 167 Å². The smallest absolute Gasteiger partial charge is 0.230 e. The zero-order valence-electron chi connectivity index (χ0n) is 52.4. The minimum atomic E-state index is -0.262. The zero-order valence-corrected chi connectivity index (χ0v) is 52.4. The van der Waals surface area contributed by atoms with Crippen molar-refractivity contribution in [3.63, 3.8) is 0 Å². The average molecular weight is 1100 g/mol. The lowest BCUT2D eigenvalue weighted by molar-refractivity contribution is -0.108. The Balaban J connectivity index is 1.41. The van der Waals surface area contributed by atoms with Gasteiger partial charge >= 0.3 is 0 Å². The van der Waals surface area contributed by atoms with E-state index < -0.39 is 0 Å². The number of hydrogen-bond acceptors (Lipinski definition) is 6. The van der Waals surface area contributed by atoms with Crippen molar-refractivity contribution >= 4 is 58.7 Å². The van der Waals surface area contributed by atoms with Crippen molar-refractivity contribution in [2.75, 3.05) is 0 Å². The fraction of sp³-hybridized carbons (Fsp3) is 0.472. The van der Waals surface area contributed by atoms with Crippen LogP contribution < -0.4 is 0 Å². The van der Waals surface area contributed by atoms with E-state index in [1.54, 1.807) is 0 Å². The zero-order chi connectivity index (χ0) is 58.6. The van der Waals surface area contributed by atoms with Gasteiger partial charge in [-0.25, -0.2) is 20.0 Å². The summed E-state index contributed by atoms with van der Waals surface area (Å²) < 4.78 is 0. The number of allylic oxidation sites excluding steroid dienone is 8. The van der Waals surface area contributed by atoms with E-state index in [4.69, 9.17) is 20.0 Å². The molecule has 10 rings (SSSR count). The summed E-state index contributed by atoms with van der Waals surface area (Å²) in [6.07, 6.45) is 21.4. The van der Waals surface area contributed by atoms with Crippen molar-refractivity contribution < 1.29 is 9.59 Å². The van der Waals surface area contributed by atoms with Crippen LogP contribution in [-0.2, 0) is 61.0 Å². The van der Waals surface area contributed by atoms with E-state index in [0.29, 0.717) is 48.5 Å². The van der Waals surface area contributed by atoms with E-state index in [-0.39, 0.29) is 23.4 Å². The van der Waals surface area contributed by atoms with Crippen LogP contribution >= 0.6 is 0 Å². The molecule has 0 atom stereocenters. The number of H-pyrrole nitrogens is 4. The third kappa shape index (κ3) is 9.02. The summed E-state index contributed by atoms with van der Waals surface area (Å²) in [6.45, 7) is 35.9. The first-order valence-corrected chi connectivity index (χ1v) is 32.0. The fourth-order valence-corrected chi connectivity index (χ4v) is 15.5. The highest BCUT2D eigenvalue weighted by atomic mass is 16.1. The first-order chi connectivity index (χ1) is 39.8. The molecule has 4 aromatic rings. The maximum absolute atomic E-state index is 15.2. The number of aromatic nitrogens is 4. The van der Waals surface area contributed by atoms with Gasteiger partial charge in [-0.1, -0.05) is 111 Å². The summed E-state index contributed by atoms with van der Waals surface area (Å²) >= 11 is 0. The molecule has 430 valence electrons. The standard InChI is InChI=1S/C72H90N8O2/c1-17-37-45(25-9)63-61(64-46(26-10)38(18-2)54(74-64)34-58-42(22-6)50(30-14)68(78-58)71(81)67-49(29-13)41(21-5)57(77-67)33-53(37)73-63)62-65-47(27-11)39(19-3)55(75-65)35-59-43(23-7)51(31-15)69(79-59)72(82)70-52(32-16)44(24-8)60(80-70)36-56-40(20-4)48(28-12)66(62)76-56/h33-36,61-62,73-76H,17-32H2,1-16H3/b57-33-,58-34-,59-35-,60-36-. The molecular weight excluding hydrogens is 1010 g/mol. The number of Topliss-reactive ketones (excluding diaryl/α,β-unsaturated/α-hetero) is 2. The van der Waals surface area contributed by atoms with Crippen LogP contribution in [0.3, 0.4) is 0 Å². The molecule has 10 heteroatoms. The summed E-state index contributed by atoms with van der Waals surface area (Å²) in [5, 5.41) is 0. The molecule has 16 bridgehead atoms. The predicted octanol–water partition coefficient (Wildman–Crippen LogP) is 17.3. The third-order valence-corrected chi connectivity index (χ3v) is 19.1. The highest BCUT2D eigenvalue weighted by molar-refractivity contribution is 6.74. The number of nitrogens with one attached hydrogen (secondary N) is 4. The van der Waals surface area contributed by atoms with Crippen LogP contribution in [0.4, 0.5) is 0 Å². The first kappa shape index (κ1) is 58.3. The van der Waals surface area contributed by atoms with Gasteiger partial charge in [0.1, 0.15) is 22.8 Å². The molecule has 0 unspecified atom stereocenters. The second-order valence-corrected chi connectivity index (χ2v) is 22.7. The number of rotatable bonds is 17. The van der Waals surface area contributed by atoms with Gasteiger partial charge in [-0.2, -0.15) is 0 Å². The number of carbonyl (C=O) groups excluding carboxylic acids is 2. The second kappa shape index (κ2) is 23.7. The molecule has 0 spiro atoms. The molecule has 0 fully saturated rings. The van der Waals surface area contributed by atoms with E-state index in [2.05, 4.69) is 155 Å². The Bertz CT molecular complexity index is 3260. The lowest BCUT2D eigenvalue weighted by atomic mass is 9.75. The number of aliphatic imine (C=N–C) groups is 4. The molecule has 10 heterocycles. The van der Waals surface area contributed by atoms with Gasteiger partial charge in [-0.05, 0) is 216 Å². The van der Waals surface area contributed by atoms with Gasteiger partial charge < -0.3 is 19.9 Å². The minimum Gasteiger partial charge on any atom is -0.358 e. The maximum Gasteiger partial charge on any atom is 0.230 e. The summed E-state index contributed by atoms with van der Waals surface area (Å²) in [5.41, 5.74) is 33.6. The van der Waals surface area contributed by atoms with Gasteiger partial charge in [-0.3, -0.25) is 9.59 Å². The van der Waals surface area contributed by atoms with Crippen molar-refractivity contribution in [3.05, 3.63) is 157 Å². The Kier molecular flexibility index (Phi) is 16.9. The van der Waals surface area contributed by atoms with Crippen molar-refractivity contribution in [3.8, 4) is 0 Å². The molecule has 0 amide bonds. The summed E-state index contributed by atoms with van der Waals surface area (Å²) in [7, 11) is 0. The normalized spacial score (nSPS) is 20.9. The molecule has 4 N–H and O–H groups in total. The SMILES string of the molecule is CCC1=C(CC)/C2=C/c3[nH]c(c(CC)c3CC)C(C3c4[nH]c(c(CC)c4CC)/C=C4\N=C(C(=O)C5=N/C(=C\c6[nH]c3c(CC)c6CC)C(CC)=C5CC)C(CC)=C4CC)c3[nH]c(c(CC)c3CC)/C=C3\N=C(C(=O)C1=N2)C(CC)=C3CC. The molecule has 6 aliphatic heterocycles. The fourth-order valence-electron chi connectivity index (χ4n) is 15.5. The summed E-state index contributed by atoms with van der Waals surface area (Å²) in [6, 6.07) is 0. The molecular formula is C72H90N8O2. The van der Waals surface area contributed by atoms with Crippen molar-refractivity contribution in [2.45, 2.75) is 225 Å². The van der Waals surface area contributed by atoms with E-state index in [1.807, 2.05) is 0 Å². The van der Waals surface area contributed by atoms with Crippen LogP contribution in [0.1, 0.15) is 264 Å². The van der Waals surface area contributed by atoms with Crippen LogP contribution in [0.5, 0.6) is 0 Å². The molecule has 0 aliphatic carbocycles. The molecule has 10 nitrogen and oxygen atoms in total. The maximum atomic E-state index is 15.2. The predicted molar refractivity (Wildman–Crippen MR) is 344 cm³/mol. The summed E-state index contributed by atoms with van der Waals surface area (Å²) in [5.74, 6) is -0.679. The molecule has 0 saturated heterocycles. The number of hydrogen-bond donors (Lipinski definition) is 4. The Morgan fingerprint density at radius 1 is 0.268 bits per heavy atom. The Labute approximate surface area is 488 Å². The van der Waals surface area contributed by atoms with E-state index >= 15 is 9.59 Å². The largest absolute Gasteiger partial charge is 0.358 e. The molecule has 0 radical (unpaired) electrons. The number of nitrogens with zero attached hydrogens (tertiary/aromatic N) is 4. The van der Waals surface area contributed by atoms with E-state index in [9.17, 15) is 0 Å². The highest BCUT2D eigenvalue weighted by Crippen LogP contribution is 2.51. The van der Waals surface area contributed by atoms with Crippen LogP contribution in [0.15, 0.2) is 87.3 Å². The lowest BCUT2D eigenvalue weighted by Crippen LogP contribution is -2.25. The first-order valence-electron chi connectivity index (χ1n) is 32.0. The van der Waals surface area contributed by atoms with Crippen molar-refractivity contribution in [2.24, 2.45) is 20.0 Å². The monoisotopic (exact) mass is 1100 g/mol. The molecule has 0 saturated carbocycles. The lowest BCUT2D eigenvalue weighted by Gasteiger charge is -2.30. The second-order valence-electron chi connectivity index (χ2n) is 22.7. The van der Waals surface area contributed by atoms with E-state index in [1.165, 1.54) is 67.3 Å². The minimum absolute atomic E-state index is 0.0774. The van der Waals surface area contributed by atoms with Gasteiger partial charge in [0.25, 0.3) is 0 Å². The van der Waals surface area contributed by atoms with Gasteiger partial charge in [0.15, 0.2) is 0 Å². The molecule has 0 aromatic carbocycles. The molecule has 4 aromatic heterocycles. The highest BCUT2D eigenvalue weighted by Gasteiger charge is 2.43. The third-order valence-electron chi connectivity index (χ3n) is 19.1. The number of fused-ring (bicyclic) bond motifs is 12. The Hall–Kier alpha value is -6.94. The average Bonchev–Trinajstić information content (AvgIpc) is 2.95. The van der Waals surface area contributed by atoms with Crippen LogP contribution in [0.2, 0.25) is 0 Å². The van der Waals surface area contributed by atoms with Crippen LogP contribution in [0, 0.1) is 0 Å².